The van der Waals surface area contributed by atoms with Crippen molar-refractivity contribution in [1.29, 1.82) is 0 Å². The molecule has 0 bridgehead atoms. The van der Waals surface area contributed by atoms with E-state index in [4.69, 9.17) is 4.42 Å². The van der Waals surface area contributed by atoms with Crippen molar-refractivity contribution >= 4 is 0 Å². The Labute approximate surface area is 111 Å². The second kappa shape index (κ2) is 6.39. The summed E-state index contributed by atoms with van der Waals surface area (Å²) in [5, 5.41) is 3.54. The molecular weight excluding hydrogens is 224 g/mol. The van der Waals surface area contributed by atoms with Crippen molar-refractivity contribution in [3.63, 3.8) is 0 Å². The summed E-state index contributed by atoms with van der Waals surface area (Å²) >= 11 is 0. The van der Waals surface area contributed by atoms with Crippen LogP contribution in [0.4, 0.5) is 0 Å². The summed E-state index contributed by atoms with van der Waals surface area (Å²) in [5.41, 5.74) is 0.483. The van der Waals surface area contributed by atoms with Gasteiger partial charge >= 0.3 is 0 Å². The Morgan fingerprint density at radius 2 is 2.33 bits per heavy atom. The lowest BCUT2D eigenvalue weighted by Gasteiger charge is -2.34. The van der Waals surface area contributed by atoms with Gasteiger partial charge in [-0.15, -0.1) is 0 Å². The molecule has 3 nitrogen and oxygen atoms in total. The first-order chi connectivity index (χ1) is 8.78. The van der Waals surface area contributed by atoms with Gasteiger partial charge in [-0.3, -0.25) is 4.90 Å². The number of nitrogens with zero attached hydrogens (tertiary/aromatic N) is 1. The smallest absolute Gasteiger partial charge is 0.117 e. The Bertz CT molecular complexity index is 328. The fraction of sp³-hybridized carbons (Fsp3) is 0.733. The number of rotatable bonds is 7. The van der Waals surface area contributed by atoms with Gasteiger partial charge in [0.1, 0.15) is 5.76 Å². The number of hydrogen-bond donors (Lipinski definition) is 1. The van der Waals surface area contributed by atoms with Gasteiger partial charge in [-0.25, -0.2) is 0 Å². The minimum Gasteiger partial charge on any atom is -0.468 e. The first kappa shape index (κ1) is 13.6. The van der Waals surface area contributed by atoms with Gasteiger partial charge in [-0.2, -0.15) is 0 Å². The molecule has 0 aliphatic carbocycles. The third kappa shape index (κ3) is 3.36. The van der Waals surface area contributed by atoms with Gasteiger partial charge in [-0.1, -0.05) is 20.3 Å². The van der Waals surface area contributed by atoms with Crippen LogP contribution in [-0.2, 0) is 6.54 Å². The zero-order valence-corrected chi connectivity index (χ0v) is 11.7. The van der Waals surface area contributed by atoms with Crippen LogP contribution in [-0.4, -0.2) is 31.1 Å². The zero-order valence-electron chi connectivity index (χ0n) is 11.7. The maximum atomic E-state index is 5.47. The summed E-state index contributed by atoms with van der Waals surface area (Å²) in [6.45, 7) is 10.1. The molecule has 1 aliphatic rings. The van der Waals surface area contributed by atoms with Gasteiger partial charge in [0.05, 0.1) is 12.8 Å². The summed E-state index contributed by atoms with van der Waals surface area (Å²) in [6, 6.07) is 4.05. The van der Waals surface area contributed by atoms with Crippen LogP contribution >= 0.6 is 0 Å². The highest BCUT2D eigenvalue weighted by atomic mass is 16.3. The normalized spacial score (nSPS) is 23.9. The van der Waals surface area contributed by atoms with Gasteiger partial charge in [-0.05, 0) is 43.5 Å². The molecule has 1 aromatic heterocycles. The lowest BCUT2D eigenvalue weighted by molar-refractivity contribution is 0.144. The standard InChI is InChI=1S/C15H26N2O/c1-3-7-15(8-9-16-12-15)13-17(4-2)11-14-6-5-10-18-14/h5-6,10,16H,3-4,7-9,11-13H2,1-2H3. The lowest BCUT2D eigenvalue weighted by Crippen LogP contribution is -2.39. The van der Waals surface area contributed by atoms with E-state index in [0.717, 1.165) is 18.8 Å². The number of nitrogens with one attached hydrogen (secondary N) is 1. The van der Waals surface area contributed by atoms with Crippen molar-refractivity contribution in [2.45, 2.75) is 39.7 Å². The minimum atomic E-state index is 0.483. The van der Waals surface area contributed by atoms with Crippen molar-refractivity contribution in [3.05, 3.63) is 24.2 Å². The maximum absolute atomic E-state index is 5.47. The van der Waals surface area contributed by atoms with Crippen LogP contribution in [0, 0.1) is 5.41 Å². The van der Waals surface area contributed by atoms with Crippen LogP contribution in [0.15, 0.2) is 22.8 Å². The molecule has 0 spiro atoms. The molecule has 1 saturated heterocycles. The Morgan fingerprint density at radius 3 is 2.89 bits per heavy atom. The van der Waals surface area contributed by atoms with E-state index in [0.29, 0.717) is 5.41 Å². The highest BCUT2D eigenvalue weighted by molar-refractivity contribution is 4.99. The van der Waals surface area contributed by atoms with Crippen molar-refractivity contribution in [1.82, 2.24) is 10.2 Å². The summed E-state index contributed by atoms with van der Waals surface area (Å²) in [5.74, 6) is 1.08. The van der Waals surface area contributed by atoms with Crippen molar-refractivity contribution in [3.8, 4) is 0 Å². The van der Waals surface area contributed by atoms with Crippen LogP contribution in [0.25, 0.3) is 0 Å². The fourth-order valence-electron chi connectivity index (χ4n) is 3.13. The Kier molecular flexibility index (Phi) is 4.84. The van der Waals surface area contributed by atoms with E-state index in [1.807, 2.05) is 6.07 Å². The first-order valence-electron chi connectivity index (χ1n) is 7.23. The molecule has 2 heterocycles. The highest BCUT2D eigenvalue weighted by Gasteiger charge is 2.34. The molecule has 0 amide bonds. The van der Waals surface area contributed by atoms with Gasteiger partial charge in [0.2, 0.25) is 0 Å². The summed E-state index contributed by atoms with van der Waals surface area (Å²) in [7, 11) is 0. The van der Waals surface area contributed by atoms with Crippen molar-refractivity contribution < 1.29 is 4.42 Å². The summed E-state index contributed by atoms with van der Waals surface area (Å²) in [4.78, 5) is 2.52. The largest absolute Gasteiger partial charge is 0.468 e. The van der Waals surface area contributed by atoms with E-state index < -0.39 is 0 Å². The van der Waals surface area contributed by atoms with Gasteiger partial charge in [0.25, 0.3) is 0 Å². The predicted octanol–water partition coefficient (Wildman–Crippen LogP) is 2.88. The Morgan fingerprint density at radius 1 is 1.44 bits per heavy atom. The van der Waals surface area contributed by atoms with Gasteiger partial charge in [0.15, 0.2) is 0 Å². The number of furan rings is 1. The molecule has 18 heavy (non-hydrogen) atoms. The van der Waals surface area contributed by atoms with Crippen LogP contribution in [0.3, 0.4) is 0 Å². The zero-order chi connectivity index (χ0) is 12.8. The lowest BCUT2D eigenvalue weighted by atomic mass is 9.82. The SMILES string of the molecule is CCCC1(CN(CC)Cc2ccco2)CCNC1. The summed E-state index contributed by atoms with van der Waals surface area (Å²) < 4.78 is 5.47. The van der Waals surface area contributed by atoms with Crippen LogP contribution in [0.5, 0.6) is 0 Å². The Hall–Kier alpha value is -0.800. The molecule has 2 rings (SSSR count). The molecule has 3 heteroatoms. The van der Waals surface area contributed by atoms with E-state index in [1.54, 1.807) is 6.26 Å². The van der Waals surface area contributed by atoms with Crippen molar-refractivity contribution in [2.24, 2.45) is 5.41 Å². The molecule has 1 N–H and O–H groups in total. The average Bonchev–Trinajstić information content (AvgIpc) is 3.01. The molecule has 1 aromatic rings. The second-order valence-electron chi connectivity index (χ2n) is 5.56. The maximum Gasteiger partial charge on any atom is 0.117 e. The fourth-order valence-corrected chi connectivity index (χ4v) is 3.13. The predicted molar refractivity (Wildman–Crippen MR) is 74.5 cm³/mol. The highest BCUT2D eigenvalue weighted by Crippen LogP contribution is 2.32. The third-order valence-corrected chi connectivity index (χ3v) is 4.08. The summed E-state index contributed by atoms with van der Waals surface area (Å²) in [6.07, 6.45) is 5.69. The quantitative estimate of drug-likeness (QED) is 0.806. The molecule has 0 saturated carbocycles. The van der Waals surface area contributed by atoms with E-state index in [9.17, 15) is 0 Å². The van der Waals surface area contributed by atoms with Gasteiger partial charge in [0, 0.05) is 13.1 Å². The van der Waals surface area contributed by atoms with Crippen molar-refractivity contribution in [2.75, 3.05) is 26.2 Å². The van der Waals surface area contributed by atoms with Crippen LogP contribution in [0.2, 0.25) is 0 Å². The first-order valence-corrected chi connectivity index (χ1v) is 7.23. The topological polar surface area (TPSA) is 28.4 Å². The molecule has 1 atom stereocenters. The third-order valence-electron chi connectivity index (χ3n) is 4.08. The molecule has 1 fully saturated rings. The van der Waals surface area contributed by atoms with Crippen LogP contribution < -0.4 is 5.32 Å². The molecular formula is C15H26N2O. The average molecular weight is 250 g/mol. The molecule has 0 aromatic carbocycles. The molecule has 1 unspecified atom stereocenters. The minimum absolute atomic E-state index is 0.483. The van der Waals surface area contributed by atoms with Gasteiger partial charge < -0.3 is 9.73 Å². The molecule has 1 aliphatic heterocycles. The molecule has 0 radical (unpaired) electrons. The van der Waals surface area contributed by atoms with E-state index >= 15 is 0 Å². The second-order valence-corrected chi connectivity index (χ2v) is 5.56. The Balaban J connectivity index is 1.95. The van der Waals surface area contributed by atoms with E-state index in [-0.39, 0.29) is 0 Å². The monoisotopic (exact) mass is 250 g/mol. The van der Waals surface area contributed by atoms with E-state index in [2.05, 4.69) is 30.1 Å². The van der Waals surface area contributed by atoms with Crippen LogP contribution in [0.1, 0.15) is 38.9 Å². The van der Waals surface area contributed by atoms with E-state index in [1.165, 1.54) is 38.9 Å². The number of hydrogen-bond acceptors (Lipinski definition) is 3. The molecule has 102 valence electrons.